The molecule has 2 aliphatic rings. The fourth-order valence-corrected chi connectivity index (χ4v) is 8.01. The van der Waals surface area contributed by atoms with Gasteiger partial charge in [-0.05, 0) is 81.3 Å². The Labute approximate surface area is 252 Å². The molecule has 2 aromatic carbocycles. The smallest absolute Gasteiger partial charge is 0.246 e. The van der Waals surface area contributed by atoms with E-state index in [1.807, 2.05) is 0 Å². The summed E-state index contributed by atoms with van der Waals surface area (Å²) in [7, 11) is 1.58. The standard InChI is InChI=1S/C32H48N4O5S/c1-24-21-29(40-5)22-25(2)32(24)42(38,39)35(4)19-20-41-23-30(37)33-28-13-11-27(12-14-28)31(26-9-7-6-8-10-26)36-17-15-34(3)16-18-36/h6-10,21-22,27-28,31H,11-20,23H2,1-5H3,(H,33,37). The number of methoxy groups -OCH3 is 1. The molecule has 1 amide bonds. The largest absolute Gasteiger partial charge is 0.497 e. The number of benzene rings is 2. The van der Waals surface area contributed by atoms with Crippen LogP contribution in [0.5, 0.6) is 5.75 Å². The quantitative estimate of drug-likeness (QED) is 0.372. The lowest BCUT2D eigenvalue weighted by molar-refractivity contribution is -0.126. The first-order valence-corrected chi connectivity index (χ1v) is 16.5. The predicted molar refractivity (Wildman–Crippen MR) is 165 cm³/mol. The number of amides is 1. The Hall–Kier alpha value is -2.50. The summed E-state index contributed by atoms with van der Waals surface area (Å²) in [5, 5.41) is 3.15. The third-order valence-corrected chi connectivity index (χ3v) is 10.9. The molecule has 2 fully saturated rings. The summed E-state index contributed by atoms with van der Waals surface area (Å²) in [4.78, 5) is 18.0. The maximum atomic E-state index is 13.2. The highest BCUT2D eigenvalue weighted by Crippen LogP contribution is 2.39. The monoisotopic (exact) mass is 600 g/mol. The third kappa shape index (κ3) is 8.11. The molecule has 1 N–H and O–H groups in total. The normalized spacial score (nSPS) is 21.3. The first kappa shape index (κ1) is 32.4. The first-order valence-electron chi connectivity index (χ1n) is 15.1. The van der Waals surface area contributed by atoms with Crippen LogP contribution in [0.4, 0.5) is 0 Å². The maximum Gasteiger partial charge on any atom is 0.246 e. The molecule has 10 heteroatoms. The molecule has 1 heterocycles. The van der Waals surface area contributed by atoms with Gasteiger partial charge in [0.1, 0.15) is 12.4 Å². The number of sulfonamides is 1. The number of nitrogens with one attached hydrogen (secondary N) is 1. The molecule has 0 spiro atoms. The van der Waals surface area contributed by atoms with E-state index in [9.17, 15) is 13.2 Å². The maximum absolute atomic E-state index is 13.2. The van der Waals surface area contributed by atoms with Crippen LogP contribution in [0, 0.1) is 19.8 Å². The van der Waals surface area contributed by atoms with E-state index in [1.54, 1.807) is 33.1 Å². The molecule has 1 aliphatic heterocycles. The van der Waals surface area contributed by atoms with E-state index in [2.05, 4.69) is 52.5 Å². The van der Waals surface area contributed by atoms with Crippen molar-refractivity contribution in [1.29, 1.82) is 0 Å². The highest BCUT2D eigenvalue weighted by atomic mass is 32.2. The van der Waals surface area contributed by atoms with Crippen molar-refractivity contribution in [3.05, 3.63) is 59.2 Å². The van der Waals surface area contributed by atoms with E-state index in [0.717, 1.165) is 51.9 Å². The zero-order chi connectivity index (χ0) is 30.3. The van der Waals surface area contributed by atoms with Crippen LogP contribution in [0.25, 0.3) is 0 Å². The van der Waals surface area contributed by atoms with Gasteiger partial charge in [0.05, 0.1) is 18.6 Å². The first-order chi connectivity index (χ1) is 20.1. The van der Waals surface area contributed by atoms with Gasteiger partial charge in [0.15, 0.2) is 0 Å². The number of nitrogens with zero attached hydrogens (tertiary/aromatic N) is 3. The van der Waals surface area contributed by atoms with Crippen molar-refractivity contribution < 1.29 is 22.7 Å². The molecule has 9 nitrogen and oxygen atoms in total. The molecule has 1 saturated heterocycles. The summed E-state index contributed by atoms with van der Waals surface area (Å²) in [5.74, 6) is 1.04. The number of aryl methyl sites for hydroxylation is 2. The lowest BCUT2D eigenvalue weighted by Gasteiger charge is -2.44. The molecule has 0 aromatic heterocycles. The van der Waals surface area contributed by atoms with Gasteiger partial charge in [-0.1, -0.05) is 30.3 Å². The molecule has 232 valence electrons. The topological polar surface area (TPSA) is 91.4 Å². The van der Waals surface area contributed by atoms with Gasteiger partial charge in [-0.3, -0.25) is 9.69 Å². The Morgan fingerprint density at radius 1 is 1.02 bits per heavy atom. The van der Waals surface area contributed by atoms with Crippen molar-refractivity contribution in [3.63, 3.8) is 0 Å². The van der Waals surface area contributed by atoms with Crippen LogP contribution in [0.15, 0.2) is 47.4 Å². The fourth-order valence-electron chi connectivity index (χ4n) is 6.45. The summed E-state index contributed by atoms with van der Waals surface area (Å²) < 4.78 is 38.5. The minimum atomic E-state index is -3.70. The second-order valence-electron chi connectivity index (χ2n) is 11.8. The number of carbonyl (C=O) groups excluding carboxylic acids is 1. The second kappa shape index (κ2) is 14.8. The lowest BCUT2D eigenvalue weighted by atomic mass is 9.78. The summed E-state index contributed by atoms with van der Waals surface area (Å²) in [6, 6.07) is 14.9. The average molecular weight is 601 g/mol. The predicted octanol–water partition coefficient (Wildman–Crippen LogP) is 3.61. The number of piperazine rings is 1. The molecule has 4 rings (SSSR count). The minimum absolute atomic E-state index is 0.0810. The Morgan fingerprint density at radius 3 is 2.24 bits per heavy atom. The van der Waals surface area contributed by atoms with Gasteiger partial charge >= 0.3 is 0 Å². The number of rotatable bonds is 12. The Bertz CT molecular complexity index is 1250. The summed E-state index contributed by atoms with van der Waals surface area (Å²) >= 11 is 0. The molecule has 42 heavy (non-hydrogen) atoms. The molecular formula is C32H48N4O5S. The Morgan fingerprint density at radius 2 is 1.64 bits per heavy atom. The van der Waals surface area contributed by atoms with Crippen LogP contribution in [-0.2, 0) is 19.6 Å². The molecule has 1 aliphatic carbocycles. The van der Waals surface area contributed by atoms with Crippen molar-refractivity contribution in [3.8, 4) is 5.75 Å². The SMILES string of the molecule is COc1cc(C)c(S(=O)(=O)N(C)CCOCC(=O)NC2CCC(C(c3ccccc3)N3CCN(C)CC3)CC2)c(C)c1. The summed E-state index contributed by atoms with van der Waals surface area (Å²) in [5.41, 5.74) is 2.66. The van der Waals surface area contributed by atoms with Crippen molar-refractivity contribution in [2.45, 2.75) is 56.5 Å². The summed E-state index contributed by atoms with van der Waals surface area (Å²) in [6.07, 6.45) is 4.05. The van der Waals surface area contributed by atoms with Gasteiger partial charge in [-0.2, -0.15) is 4.31 Å². The van der Waals surface area contributed by atoms with Crippen LogP contribution < -0.4 is 10.1 Å². The van der Waals surface area contributed by atoms with Crippen LogP contribution >= 0.6 is 0 Å². The number of ether oxygens (including phenoxy) is 2. The van der Waals surface area contributed by atoms with Crippen molar-refractivity contribution in [2.24, 2.45) is 5.92 Å². The Balaban J connectivity index is 1.22. The zero-order valence-corrected chi connectivity index (χ0v) is 26.7. The Kier molecular flexibility index (Phi) is 11.4. The van der Waals surface area contributed by atoms with Crippen LogP contribution in [0.2, 0.25) is 0 Å². The van der Waals surface area contributed by atoms with Crippen LogP contribution in [-0.4, -0.2) is 102 Å². The van der Waals surface area contributed by atoms with E-state index in [1.165, 1.54) is 16.9 Å². The molecule has 2 aromatic rings. The molecule has 1 atom stereocenters. The van der Waals surface area contributed by atoms with Crippen LogP contribution in [0.1, 0.15) is 48.4 Å². The van der Waals surface area contributed by atoms with Gasteiger partial charge in [0.25, 0.3) is 0 Å². The third-order valence-electron chi connectivity index (χ3n) is 8.78. The van der Waals surface area contributed by atoms with E-state index in [-0.39, 0.29) is 36.6 Å². The molecule has 1 saturated carbocycles. The highest BCUT2D eigenvalue weighted by molar-refractivity contribution is 7.89. The molecule has 0 radical (unpaired) electrons. The van der Waals surface area contributed by atoms with Gasteiger partial charge in [0, 0.05) is 51.9 Å². The van der Waals surface area contributed by atoms with E-state index in [0.29, 0.717) is 28.8 Å². The number of carbonyl (C=O) groups is 1. The van der Waals surface area contributed by atoms with E-state index in [4.69, 9.17) is 9.47 Å². The van der Waals surface area contributed by atoms with Crippen molar-refractivity contribution in [2.75, 3.05) is 67.1 Å². The fraction of sp³-hybridized carbons (Fsp3) is 0.594. The van der Waals surface area contributed by atoms with Crippen molar-refractivity contribution in [1.82, 2.24) is 19.4 Å². The average Bonchev–Trinajstić information content (AvgIpc) is 2.97. The van der Waals surface area contributed by atoms with E-state index < -0.39 is 10.0 Å². The van der Waals surface area contributed by atoms with Crippen LogP contribution in [0.3, 0.4) is 0 Å². The molecule has 0 bridgehead atoms. The number of hydrogen-bond donors (Lipinski definition) is 1. The number of likely N-dealkylation sites (N-methyl/N-ethyl adjacent to an activating group) is 2. The van der Waals surface area contributed by atoms with Gasteiger partial charge < -0.3 is 19.7 Å². The van der Waals surface area contributed by atoms with Gasteiger partial charge in [-0.15, -0.1) is 0 Å². The number of hydrogen-bond acceptors (Lipinski definition) is 7. The summed E-state index contributed by atoms with van der Waals surface area (Å²) in [6.45, 7) is 8.08. The van der Waals surface area contributed by atoms with Gasteiger partial charge in [0.2, 0.25) is 15.9 Å². The van der Waals surface area contributed by atoms with Crippen molar-refractivity contribution >= 4 is 15.9 Å². The zero-order valence-electron chi connectivity index (χ0n) is 25.8. The highest BCUT2D eigenvalue weighted by Gasteiger charge is 2.34. The van der Waals surface area contributed by atoms with E-state index >= 15 is 0 Å². The lowest BCUT2D eigenvalue weighted by Crippen LogP contribution is -2.48. The minimum Gasteiger partial charge on any atom is -0.497 e. The second-order valence-corrected chi connectivity index (χ2v) is 13.8. The van der Waals surface area contributed by atoms with Gasteiger partial charge in [-0.25, -0.2) is 8.42 Å². The molecule has 1 unspecified atom stereocenters. The molecular weight excluding hydrogens is 552 g/mol.